The summed E-state index contributed by atoms with van der Waals surface area (Å²) in [4.78, 5) is 43.9. The minimum Gasteiger partial charge on any atom is -0.461 e. The zero-order chi connectivity index (χ0) is 21.8. The molecule has 6 heteroatoms. The molecule has 3 aromatic rings. The lowest BCUT2D eigenvalue weighted by molar-refractivity contribution is -0.142. The van der Waals surface area contributed by atoms with Gasteiger partial charge < -0.3 is 9.32 Å². The Morgan fingerprint density at radius 2 is 1.62 bits per heavy atom. The van der Waals surface area contributed by atoms with E-state index in [0.717, 1.165) is 16.7 Å². The molecule has 2 fully saturated rings. The summed E-state index contributed by atoms with van der Waals surface area (Å²) in [5, 5.41) is 0. The van der Waals surface area contributed by atoms with Crippen LogP contribution in [0.15, 0.2) is 83.6 Å². The predicted molar refractivity (Wildman–Crippen MR) is 116 cm³/mol. The maximum atomic E-state index is 13.6. The Balaban J connectivity index is 1.45. The van der Waals surface area contributed by atoms with Crippen LogP contribution in [0.25, 0.3) is 6.08 Å². The molecule has 3 aliphatic heterocycles. The first kappa shape index (κ1) is 18.8. The van der Waals surface area contributed by atoms with Gasteiger partial charge in [0.2, 0.25) is 17.6 Å². The quantitative estimate of drug-likeness (QED) is 0.472. The third-order valence-corrected chi connectivity index (χ3v) is 6.77. The van der Waals surface area contributed by atoms with Gasteiger partial charge in [-0.05, 0) is 34.9 Å². The average Bonchev–Trinajstić information content (AvgIpc) is 3.53. The van der Waals surface area contributed by atoms with Gasteiger partial charge in [0.25, 0.3) is 0 Å². The second-order valence-electron chi connectivity index (χ2n) is 8.42. The first-order chi connectivity index (χ1) is 15.6. The molecule has 0 radical (unpaired) electrons. The largest absolute Gasteiger partial charge is 0.461 e. The van der Waals surface area contributed by atoms with Gasteiger partial charge in [0.1, 0.15) is 6.04 Å². The summed E-state index contributed by atoms with van der Waals surface area (Å²) in [7, 11) is 0. The maximum Gasteiger partial charge on any atom is 0.236 e. The summed E-state index contributed by atoms with van der Waals surface area (Å²) in [6.07, 6.45) is 5.23. The van der Waals surface area contributed by atoms with Crippen LogP contribution in [0.4, 0.5) is 0 Å². The summed E-state index contributed by atoms with van der Waals surface area (Å²) in [6, 6.07) is 19.4. The van der Waals surface area contributed by atoms with Gasteiger partial charge in [-0.25, -0.2) is 0 Å². The molecule has 6 rings (SSSR count). The topological polar surface area (TPSA) is 70.8 Å². The maximum absolute atomic E-state index is 13.6. The van der Waals surface area contributed by atoms with Gasteiger partial charge in [0.05, 0.1) is 30.7 Å². The predicted octanol–water partition coefficient (Wildman–Crippen LogP) is 3.67. The molecular formula is C26H20N2O4. The molecule has 3 aliphatic rings. The number of amides is 2. The molecule has 4 heterocycles. The number of benzene rings is 2. The van der Waals surface area contributed by atoms with E-state index in [0.29, 0.717) is 0 Å². The lowest BCUT2D eigenvalue weighted by Crippen LogP contribution is -2.44. The Bertz CT molecular complexity index is 1250. The van der Waals surface area contributed by atoms with E-state index in [1.807, 2.05) is 71.8 Å². The summed E-state index contributed by atoms with van der Waals surface area (Å²) in [5.74, 6) is -1.98. The number of hydrogen-bond donors (Lipinski definition) is 0. The summed E-state index contributed by atoms with van der Waals surface area (Å²) < 4.78 is 5.38. The van der Waals surface area contributed by atoms with Crippen LogP contribution in [0.2, 0.25) is 0 Å². The Labute approximate surface area is 184 Å². The molecule has 0 unspecified atom stereocenters. The number of nitrogens with zero attached hydrogens (tertiary/aromatic N) is 2. The second-order valence-corrected chi connectivity index (χ2v) is 8.42. The highest BCUT2D eigenvalue weighted by atomic mass is 16.3. The molecule has 2 amide bonds. The van der Waals surface area contributed by atoms with E-state index in [-0.39, 0.29) is 35.9 Å². The number of likely N-dealkylation sites (tertiary alicyclic amines) is 1. The molecule has 0 N–H and O–H groups in total. The number of imide groups is 1. The Morgan fingerprint density at radius 3 is 2.41 bits per heavy atom. The van der Waals surface area contributed by atoms with Crippen molar-refractivity contribution < 1.29 is 18.8 Å². The number of hydrogen-bond acceptors (Lipinski definition) is 5. The van der Waals surface area contributed by atoms with Crippen molar-refractivity contribution in [3.63, 3.8) is 0 Å². The molecule has 1 aromatic heterocycles. The van der Waals surface area contributed by atoms with E-state index in [1.54, 1.807) is 12.1 Å². The van der Waals surface area contributed by atoms with Crippen molar-refractivity contribution in [1.29, 1.82) is 0 Å². The van der Waals surface area contributed by atoms with Gasteiger partial charge in [0.15, 0.2) is 5.76 Å². The first-order valence-electron chi connectivity index (χ1n) is 10.7. The van der Waals surface area contributed by atoms with Crippen LogP contribution >= 0.6 is 0 Å². The van der Waals surface area contributed by atoms with E-state index < -0.39 is 17.9 Å². The summed E-state index contributed by atoms with van der Waals surface area (Å²) in [5.41, 5.74) is 2.84. The van der Waals surface area contributed by atoms with Crippen LogP contribution in [-0.2, 0) is 16.1 Å². The second kappa shape index (κ2) is 7.05. The van der Waals surface area contributed by atoms with Crippen LogP contribution in [0.5, 0.6) is 0 Å². The average molecular weight is 424 g/mol. The Kier molecular flexibility index (Phi) is 4.15. The molecular weight excluding hydrogens is 404 g/mol. The van der Waals surface area contributed by atoms with Crippen molar-refractivity contribution in [3.05, 3.63) is 102 Å². The fourth-order valence-electron chi connectivity index (χ4n) is 5.41. The zero-order valence-corrected chi connectivity index (χ0v) is 17.1. The Hall–Kier alpha value is -3.93. The molecule has 2 aromatic carbocycles. The number of ketones is 1. The number of Topliss-reactive ketones (excluding diaryl/α,β-unsaturated/α-hetero) is 1. The van der Waals surface area contributed by atoms with Gasteiger partial charge in [-0.2, -0.15) is 0 Å². The van der Waals surface area contributed by atoms with Crippen molar-refractivity contribution in [2.45, 2.75) is 18.6 Å². The molecule has 158 valence electrons. The van der Waals surface area contributed by atoms with Gasteiger partial charge in [0, 0.05) is 6.20 Å². The number of fused-ring (bicyclic) bond motifs is 5. The Morgan fingerprint density at radius 1 is 0.875 bits per heavy atom. The van der Waals surface area contributed by atoms with Crippen molar-refractivity contribution in [2.24, 2.45) is 11.8 Å². The highest BCUT2D eigenvalue weighted by Gasteiger charge is 2.64. The molecule has 0 spiro atoms. The molecule has 6 nitrogen and oxygen atoms in total. The van der Waals surface area contributed by atoms with E-state index in [2.05, 4.69) is 0 Å². The van der Waals surface area contributed by atoms with Gasteiger partial charge in [-0.3, -0.25) is 19.3 Å². The molecule has 0 bridgehead atoms. The third kappa shape index (κ3) is 2.62. The first-order valence-corrected chi connectivity index (χ1v) is 10.7. The van der Waals surface area contributed by atoms with Crippen LogP contribution < -0.4 is 0 Å². The molecule has 0 aliphatic carbocycles. The van der Waals surface area contributed by atoms with Gasteiger partial charge >= 0.3 is 0 Å². The van der Waals surface area contributed by atoms with Crippen molar-refractivity contribution in [3.8, 4) is 0 Å². The van der Waals surface area contributed by atoms with Crippen molar-refractivity contribution in [1.82, 2.24) is 9.80 Å². The summed E-state index contributed by atoms with van der Waals surface area (Å²) in [6.45, 7) is 0.206. The lowest BCUT2D eigenvalue weighted by atomic mass is 9.84. The standard InChI is InChI=1S/C26H20N2O4/c29-24(19-11-6-14-32-19)23-21-20(22-18-10-5-4-9-17(18)12-13-27(22)23)25(30)28(26(21)31)15-16-7-2-1-3-8-16/h1-14,20-23H,15H2/t20-,21-,22+,23+/m1/s1. The monoisotopic (exact) mass is 424 g/mol. The fraction of sp³-hybridized carbons (Fsp3) is 0.192. The van der Waals surface area contributed by atoms with Gasteiger partial charge in [-0.15, -0.1) is 0 Å². The molecule has 32 heavy (non-hydrogen) atoms. The van der Waals surface area contributed by atoms with Gasteiger partial charge in [-0.1, -0.05) is 54.6 Å². The molecule has 0 saturated carbocycles. The van der Waals surface area contributed by atoms with Crippen LogP contribution in [-0.4, -0.2) is 33.4 Å². The number of carbonyl (C=O) groups is 3. The van der Waals surface area contributed by atoms with Crippen LogP contribution in [0.1, 0.15) is 33.3 Å². The minimum absolute atomic E-state index is 0.198. The van der Waals surface area contributed by atoms with Crippen LogP contribution in [0, 0.1) is 11.8 Å². The van der Waals surface area contributed by atoms with Crippen LogP contribution in [0.3, 0.4) is 0 Å². The molecule has 4 atom stereocenters. The van der Waals surface area contributed by atoms with E-state index in [9.17, 15) is 14.4 Å². The van der Waals surface area contributed by atoms with Crippen molar-refractivity contribution >= 4 is 23.7 Å². The normalized spacial score (nSPS) is 25.6. The van der Waals surface area contributed by atoms with E-state index in [4.69, 9.17) is 4.42 Å². The lowest BCUT2D eigenvalue weighted by Gasteiger charge is -2.35. The van der Waals surface area contributed by atoms with E-state index >= 15 is 0 Å². The minimum atomic E-state index is -0.794. The molecule has 2 saturated heterocycles. The fourth-order valence-corrected chi connectivity index (χ4v) is 5.41. The third-order valence-electron chi connectivity index (χ3n) is 6.77. The number of furan rings is 1. The highest BCUT2D eigenvalue weighted by Crippen LogP contribution is 2.53. The number of rotatable bonds is 4. The SMILES string of the molecule is O=C(c1ccco1)[C@@H]1[C@@H]2C(=O)N(Cc3ccccc3)C(=O)[C@H]2[C@@H]2c3ccccc3C=CN12. The summed E-state index contributed by atoms with van der Waals surface area (Å²) >= 11 is 0. The number of carbonyl (C=O) groups excluding carboxylic acids is 3. The van der Waals surface area contributed by atoms with E-state index in [1.165, 1.54) is 11.2 Å². The van der Waals surface area contributed by atoms with Crippen molar-refractivity contribution in [2.75, 3.05) is 0 Å². The smallest absolute Gasteiger partial charge is 0.236 e. The highest BCUT2D eigenvalue weighted by molar-refractivity contribution is 6.11. The zero-order valence-electron chi connectivity index (χ0n) is 17.1.